The monoisotopic (exact) mass is 493 g/mol. The Morgan fingerprint density at radius 3 is 2.05 bits per heavy atom. The maximum Gasteiger partial charge on any atom is -0.00959 e. The van der Waals surface area contributed by atoms with E-state index in [1.807, 2.05) is 0 Å². The Balaban J connectivity index is 1.84. The number of fused-ring (bicyclic) bond motifs is 7. The van der Waals surface area contributed by atoms with Gasteiger partial charge in [0, 0.05) is 0 Å². The molecule has 0 bridgehead atoms. The summed E-state index contributed by atoms with van der Waals surface area (Å²) >= 11 is 0. The molecule has 0 aromatic heterocycles. The third-order valence-corrected chi connectivity index (χ3v) is 8.38. The van der Waals surface area contributed by atoms with Gasteiger partial charge in [-0.25, -0.2) is 0 Å². The number of rotatable bonds is 4. The standard InChI is InChI=1S/C38H37/c1-3-16-27(4-2)29-19-10-5-6-11-20-30(28-17-8-7-9-18-28)36-26-38-34-24-15-13-22-32(34)31-21-12-14-23-33(31)37(38)25-35(29)36/h4-8,10-11,14-15,17,19-20,23-26H,1,3,9,12-13,16,18,21-22H2,2H3/q-1/b6-5?,10-5?,11-6?,19-10?,20-11?,27-4+,29-19?,30-20?,35-29?,36-30?. The SMILES string of the molecule is [CH2-]CC/C(=C\C)c1ccccccc(C2=CC=CCC2)c2cc3c4c(c5c(c3cc12)C=CCC5)CCC=C4. The fourth-order valence-electron chi connectivity index (χ4n) is 6.57. The molecule has 0 N–H and O–H groups in total. The van der Waals surface area contributed by atoms with Gasteiger partial charge in [0.05, 0.1) is 0 Å². The molecule has 190 valence electrons. The Morgan fingerprint density at radius 2 is 1.42 bits per heavy atom. The van der Waals surface area contributed by atoms with Gasteiger partial charge in [-0.05, 0) is 124 Å². The number of hydrogen-bond donors (Lipinski definition) is 0. The third kappa shape index (κ3) is 4.47. The Kier molecular flexibility index (Phi) is 7.14. The molecule has 3 aliphatic carbocycles. The summed E-state index contributed by atoms with van der Waals surface area (Å²) in [6, 6.07) is 18.4. The van der Waals surface area contributed by atoms with Crippen molar-refractivity contribution in [1.29, 1.82) is 0 Å². The van der Waals surface area contributed by atoms with Crippen LogP contribution in [-0.2, 0) is 12.8 Å². The summed E-state index contributed by atoms with van der Waals surface area (Å²) in [4.78, 5) is 0. The highest BCUT2D eigenvalue weighted by Crippen LogP contribution is 2.42. The second kappa shape index (κ2) is 11.0. The van der Waals surface area contributed by atoms with E-state index < -0.39 is 0 Å². The van der Waals surface area contributed by atoms with Crippen LogP contribution in [0.15, 0.2) is 85.0 Å². The highest BCUT2D eigenvalue weighted by atomic mass is 14.3. The van der Waals surface area contributed by atoms with E-state index in [0.29, 0.717) is 0 Å². The van der Waals surface area contributed by atoms with Crippen LogP contribution in [0.5, 0.6) is 0 Å². The summed E-state index contributed by atoms with van der Waals surface area (Å²) in [5.41, 5.74) is 11.5. The summed E-state index contributed by atoms with van der Waals surface area (Å²) in [5, 5.41) is 5.47. The molecule has 0 radical (unpaired) electrons. The Labute approximate surface area is 228 Å². The van der Waals surface area contributed by atoms with E-state index in [0.717, 1.165) is 51.4 Å². The molecular formula is C38H37-. The van der Waals surface area contributed by atoms with E-state index in [2.05, 4.69) is 111 Å². The van der Waals surface area contributed by atoms with Crippen LogP contribution >= 0.6 is 0 Å². The third-order valence-electron chi connectivity index (χ3n) is 8.38. The molecule has 0 aliphatic heterocycles. The quantitative estimate of drug-likeness (QED) is 0.317. The Morgan fingerprint density at radius 1 is 0.763 bits per heavy atom. The van der Waals surface area contributed by atoms with E-state index in [1.165, 1.54) is 54.9 Å². The van der Waals surface area contributed by atoms with Crippen molar-refractivity contribution in [3.63, 3.8) is 0 Å². The summed E-state index contributed by atoms with van der Waals surface area (Å²) in [6.45, 7) is 6.37. The normalized spacial score (nSPS) is 16.3. The predicted molar refractivity (Wildman–Crippen MR) is 168 cm³/mol. The van der Waals surface area contributed by atoms with Crippen LogP contribution in [0.25, 0.3) is 44.8 Å². The molecule has 0 nitrogen and oxygen atoms in total. The molecule has 0 unspecified atom stereocenters. The topological polar surface area (TPSA) is 0 Å². The second-order valence-electron chi connectivity index (χ2n) is 10.6. The lowest BCUT2D eigenvalue weighted by Crippen LogP contribution is -2.07. The fourth-order valence-corrected chi connectivity index (χ4v) is 6.57. The molecule has 0 heteroatoms. The molecule has 38 heavy (non-hydrogen) atoms. The van der Waals surface area contributed by atoms with Gasteiger partial charge in [0.15, 0.2) is 0 Å². The van der Waals surface area contributed by atoms with Gasteiger partial charge in [-0.3, -0.25) is 0 Å². The minimum absolute atomic E-state index is 0.888. The lowest BCUT2D eigenvalue weighted by atomic mass is 9.79. The van der Waals surface area contributed by atoms with Crippen LogP contribution < -0.4 is 0 Å². The zero-order chi connectivity index (χ0) is 25.9. The van der Waals surface area contributed by atoms with E-state index in [4.69, 9.17) is 0 Å². The van der Waals surface area contributed by atoms with Crippen LogP contribution in [0.3, 0.4) is 0 Å². The van der Waals surface area contributed by atoms with Crippen molar-refractivity contribution in [1.82, 2.24) is 0 Å². The first-order valence-corrected chi connectivity index (χ1v) is 14.4. The van der Waals surface area contributed by atoms with Crippen molar-refractivity contribution in [2.45, 2.75) is 58.3 Å². The van der Waals surface area contributed by atoms with Crippen molar-refractivity contribution in [3.8, 4) is 0 Å². The highest BCUT2D eigenvalue weighted by Gasteiger charge is 2.21. The average Bonchev–Trinajstić information content (AvgIpc) is 2.98. The lowest BCUT2D eigenvalue weighted by molar-refractivity contribution is 0.911. The van der Waals surface area contributed by atoms with Crippen molar-refractivity contribution in [3.05, 3.63) is 125 Å². The van der Waals surface area contributed by atoms with Gasteiger partial charge in [0.25, 0.3) is 0 Å². The number of benzene rings is 2. The molecule has 0 saturated carbocycles. The predicted octanol–water partition coefficient (Wildman–Crippen LogP) is 10.8. The van der Waals surface area contributed by atoms with Crippen LogP contribution in [-0.4, -0.2) is 0 Å². The molecule has 0 amide bonds. The zero-order valence-corrected chi connectivity index (χ0v) is 22.6. The summed E-state index contributed by atoms with van der Waals surface area (Å²) in [5.74, 6) is 0. The Hall–Kier alpha value is -3.64. The van der Waals surface area contributed by atoms with Gasteiger partial charge in [-0.15, -0.1) is 0 Å². The molecule has 3 aliphatic rings. The Bertz CT molecular complexity index is 1620. The minimum Gasteiger partial charge on any atom is -0.343 e. The van der Waals surface area contributed by atoms with Gasteiger partial charge in [0.2, 0.25) is 0 Å². The van der Waals surface area contributed by atoms with Crippen molar-refractivity contribution >= 4 is 44.8 Å². The number of allylic oxidation sites excluding steroid dienone is 8. The van der Waals surface area contributed by atoms with Crippen molar-refractivity contribution in [2.24, 2.45) is 0 Å². The van der Waals surface area contributed by atoms with Crippen LogP contribution in [0.4, 0.5) is 0 Å². The van der Waals surface area contributed by atoms with E-state index in [9.17, 15) is 0 Å². The molecule has 0 fully saturated rings. The second-order valence-corrected chi connectivity index (χ2v) is 10.6. The van der Waals surface area contributed by atoms with Crippen LogP contribution in [0, 0.1) is 6.92 Å². The van der Waals surface area contributed by atoms with Gasteiger partial charge >= 0.3 is 0 Å². The molecule has 0 heterocycles. The maximum atomic E-state index is 4.20. The first kappa shape index (κ1) is 24.7. The average molecular weight is 494 g/mol. The van der Waals surface area contributed by atoms with Gasteiger partial charge in [-0.1, -0.05) is 91.4 Å². The lowest BCUT2D eigenvalue weighted by Gasteiger charge is -2.25. The molecule has 0 saturated heterocycles. The highest BCUT2D eigenvalue weighted by molar-refractivity contribution is 6.11. The van der Waals surface area contributed by atoms with Crippen LogP contribution in [0.1, 0.15) is 78.8 Å². The number of hydrogen-bond acceptors (Lipinski definition) is 0. The van der Waals surface area contributed by atoms with Gasteiger partial charge in [0.1, 0.15) is 0 Å². The van der Waals surface area contributed by atoms with Crippen LogP contribution in [0.2, 0.25) is 0 Å². The van der Waals surface area contributed by atoms with Gasteiger partial charge < -0.3 is 6.92 Å². The summed E-state index contributed by atoms with van der Waals surface area (Å²) in [6.07, 6.45) is 27.3. The maximum absolute atomic E-state index is 4.20. The van der Waals surface area contributed by atoms with Crippen molar-refractivity contribution in [2.75, 3.05) is 0 Å². The molecule has 3 aromatic carbocycles. The van der Waals surface area contributed by atoms with Crippen molar-refractivity contribution < 1.29 is 0 Å². The van der Waals surface area contributed by atoms with E-state index in [1.54, 1.807) is 11.1 Å². The minimum atomic E-state index is 0.888. The smallest absolute Gasteiger partial charge is 0.00959 e. The molecule has 0 atom stereocenters. The zero-order valence-electron chi connectivity index (χ0n) is 22.6. The molecule has 0 spiro atoms. The molecule has 3 aromatic rings. The first-order valence-electron chi connectivity index (χ1n) is 14.4. The summed E-state index contributed by atoms with van der Waals surface area (Å²) in [7, 11) is 0. The first-order chi connectivity index (χ1) is 18.8. The van der Waals surface area contributed by atoms with E-state index >= 15 is 0 Å². The van der Waals surface area contributed by atoms with Gasteiger partial charge in [-0.2, -0.15) is 6.42 Å². The largest absolute Gasteiger partial charge is 0.343 e. The molecular weight excluding hydrogens is 456 g/mol. The molecule has 6 rings (SSSR count). The fraction of sp³-hybridized carbons (Fsp3) is 0.237. The van der Waals surface area contributed by atoms with E-state index in [-0.39, 0.29) is 0 Å². The summed E-state index contributed by atoms with van der Waals surface area (Å²) < 4.78 is 0.